The number of rotatable bonds is 6. The molecule has 1 aromatic rings. The standard InChI is InChI=1S/C9H18N4S/c1-3-6-13(7-5-10)9-11-8(4-2)12-14-9/h3-7,10H2,1-2H3. The molecule has 0 saturated heterocycles. The van der Waals surface area contributed by atoms with Crippen molar-refractivity contribution in [3.05, 3.63) is 5.82 Å². The van der Waals surface area contributed by atoms with Crippen LogP contribution in [0.15, 0.2) is 0 Å². The molecule has 0 radical (unpaired) electrons. The molecule has 0 aliphatic rings. The van der Waals surface area contributed by atoms with Gasteiger partial charge in [-0.05, 0) is 6.42 Å². The maximum atomic E-state index is 5.55. The van der Waals surface area contributed by atoms with Gasteiger partial charge >= 0.3 is 0 Å². The van der Waals surface area contributed by atoms with E-state index in [0.29, 0.717) is 6.54 Å². The van der Waals surface area contributed by atoms with Crippen LogP contribution in [0.1, 0.15) is 26.1 Å². The van der Waals surface area contributed by atoms with E-state index in [4.69, 9.17) is 5.73 Å². The second-order valence-electron chi connectivity index (χ2n) is 3.12. The molecular formula is C9H18N4S. The molecule has 0 aromatic carbocycles. The van der Waals surface area contributed by atoms with E-state index >= 15 is 0 Å². The summed E-state index contributed by atoms with van der Waals surface area (Å²) in [6.07, 6.45) is 2.01. The zero-order valence-corrected chi connectivity index (χ0v) is 9.68. The van der Waals surface area contributed by atoms with Crippen LogP contribution >= 0.6 is 11.5 Å². The SMILES string of the molecule is CCCN(CCN)c1nc(CC)ns1. The van der Waals surface area contributed by atoms with Crippen molar-refractivity contribution in [2.45, 2.75) is 26.7 Å². The predicted octanol–water partition coefficient (Wildman–Crippen LogP) is 1.28. The molecule has 0 saturated carbocycles. The Labute approximate surface area is 89.3 Å². The van der Waals surface area contributed by atoms with Crippen LogP contribution < -0.4 is 10.6 Å². The summed E-state index contributed by atoms with van der Waals surface area (Å²) in [7, 11) is 0. The van der Waals surface area contributed by atoms with Gasteiger partial charge in [-0.3, -0.25) is 0 Å². The third-order valence-electron chi connectivity index (χ3n) is 1.94. The third-order valence-corrected chi connectivity index (χ3v) is 2.75. The largest absolute Gasteiger partial charge is 0.346 e. The van der Waals surface area contributed by atoms with Crippen LogP contribution in [0.4, 0.5) is 5.13 Å². The van der Waals surface area contributed by atoms with Gasteiger partial charge in [-0.15, -0.1) is 0 Å². The average Bonchev–Trinajstić information content (AvgIpc) is 2.65. The molecule has 0 amide bonds. The summed E-state index contributed by atoms with van der Waals surface area (Å²) >= 11 is 1.47. The van der Waals surface area contributed by atoms with Gasteiger partial charge in [0.05, 0.1) is 0 Å². The van der Waals surface area contributed by atoms with E-state index in [9.17, 15) is 0 Å². The maximum Gasteiger partial charge on any atom is 0.205 e. The Bertz CT molecular complexity index is 255. The molecule has 0 unspecified atom stereocenters. The van der Waals surface area contributed by atoms with Crippen LogP contribution in [-0.2, 0) is 6.42 Å². The fourth-order valence-electron chi connectivity index (χ4n) is 1.25. The van der Waals surface area contributed by atoms with Crippen LogP contribution in [0.3, 0.4) is 0 Å². The number of hydrogen-bond donors (Lipinski definition) is 1. The Morgan fingerprint density at radius 3 is 2.64 bits per heavy atom. The van der Waals surface area contributed by atoms with Gasteiger partial charge in [0.1, 0.15) is 5.82 Å². The van der Waals surface area contributed by atoms with E-state index in [1.54, 1.807) is 0 Å². The minimum absolute atomic E-state index is 0.668. The molecule has 0 fully saturated rings. The Hall–Kier alpha value is -0.680. The highest BCUT2D eigenvalue weighted by Crippen LogP contribution is 2.17. The molecule has 5 heteroatoms. The van der Waals surface area contributed by atoms with Crippen LogP contribution in [0.2, 0.25) is 0 Å². The molecule has 80 valence electrons. The zero-order valence-electron chi connectivity index (χ0n) is 8.86. The van der Waals surface area contributed by atoms with E-state index in [2.05, 4.69) is 28.1 Å². The highest BCUT2D eigenvalue weighted by atomic mass is 32.1. The molecule has 0 bridgehead atoms. The van der Waals surface area contributed by atoms with Crippen molar-refractivity contribution in [3.8, 4) is 0 Å². The van der Waals surface area contributed by atoms with Gasteiger partial charge in [0.15, 0.2) is 0 Å². The Balaban J connectivity index is 2.65. The van der Waals surface area contributed by atoms with Crippen molar-refractivity contribution >= 4 is 16.7 Å². The molecule has 14 heavy (non-hydrogen) atoms. The van der Waals surface area contributed by atoms with E-state index in [-0.39, 0.29) is 0 Å². The normalized spacial score (nSPS) is 10.5. The van der Waals surface area contributed by atoms with Crippen molar-refractivity contribution in [3.63, 3.8) is 0 Å². The zero-order chi connectivity index (χ0) is 10.4. The number of nitrogens with zero attached hydrogens (tertiary/aromatic N) is 3. The molecular weight excluding hydrogens is 196 g/mol. The quantitative estimate of drug-likeness (QED) is 0.775. The highest BCUT2D eigenvalue weighted by molar-refractivity contribution is 7.09. The molecule has 0 atom stereocenters. The number of nitrogens with two attached hydrogens (primary N) is 1. The lowest BCUT2D eigenvalue weighted by atomic mass is 10.4. The topological polar surface area (TPSA) is 55.0 Å². The minimum Gasteiger partial charge on any atom is -0.346 e. The summed E-state index contributed by atoms with van der Waals surface area (Å²) in [5, 5.41) is 1.01. The van der Waals surface area contributed by atoms with Gasteiger partial charge in [0.25, 0.3) is 0 Å². The molecule has 1 heterocycles. The molecule has 4 nitrogen and oxygen atoms in total. The maximum absolute atomic E-state index is 5.55. The first-order valence-corrected chi connectivity index (χ1v) is 5.86. The molecule has 1 aromatic heterocycles. The molecule has 1 rings (SSSR count). The van der Waals surface area contributed by atoms with Crippen LogP contribution in [0.25, 0.3) is 0 Å². The van der Waals surface area contributed by atoms with Gasteiger partial charge in [0.2, 0.25) is 5.13 Å². The summed E-state index contributed by atoms with van der Waals surface area (Å²) in [4.78, 5) is 6.65. The lowest BCUT2D eigenvalue weighted by molar-refractivity contribution is 0.756. The number of aryl methyl sites for hydroxylation is 1. The number of hydrogen-bond acceptors (Lipinski definition) is 5. The predicted molar refractivity (Wildman–Crippen MR) is 60.8 cm³/mol. The first-order valence-electron chi connectivity index (χ1n) is 5.09. The smallest absolute Gasteiger partial charge is 0.205 e. The Morgan fingerprint density at radius 2 is 2.14 bits per heavy atom. The van der Waals surface area contributed by atoms with E-state index in [0.717, 1.165) is 36.9 Å². The van der Waals surface area contributed by atoms with Gasteiger partial charge in [-0.1, -0.05) is 13.8 Å². The Morgan fingerprint density at radius 1 is 1.36 bits per heavy atom. The summed E-state index contributed by atoms with van der Waals surface area (Å²) in [5.74, 6) is 0.933. The molecule has 0 aliphatic carbocycles. The van der Waals surface area contributed by atoms with Gasteiger partial charge < -0.3 is 10.6 Å². The minimum atomic E-state index is 0.668. The summed E-state index contributed by atoms with van der Waals surface area (Å²) in [5.41, 5.74) is 5.55. The van der Waals surface area contributed by atoms with Gasteiger partial charge in [-0.2, -0.15) is 4.37 Å². The molecule has 0 aliphatic heterocycles. The fraction of sp³-hybridized carbons (Fsp3) is 0.778. The fourth-order valence-corrected chi connectivity index (χ4v) is 2.05. The first kappa shape index (κ1) is 11.4. The third kappa shape index (κ3) is 2.92. The van der Waals surface area contributed by atoms with Crippen LogP contribution in [0.5, 0.6) is 0 Å². The lowest BCUT2D eigenvalue weighted by Gasteiger charge is -2.19. The number of aromatic nitrogens is 2. The van der Waals surface area contributed by atoms with Crippen molar-refractivity contribution in [2.75, 3.05) is 24.5 Å². The first-order chi connectivity index (χ1) is 6.81. The lowest BCUT2D eigenvalue weighted by Crippen LogP contribution is -2.29. The van der Waals surface area contributed by atoms with E-state index in [1.165, 1.54) is 11.5 Å². The van der Waals surface area contributed by atoms with Crippen LogP contribution in [0, 0.1) is 0 Å². The van der Waals surface area contributed by atoms with Crippen molar-refractivity contribution < 1.29 is 0 Å². The average molecular weight is 214 g/mol. The molecule has 2 N–H and O–H groups in total. The second kappa shape index (κ2) is 5.93. The van der Waals surface area contributed by atoms with Crippen LogP contribution in [-0.4, -0.2) is 29.0 Å². The van der Waals surface area contributed by atoms with Crippen molar-refractivity contribution in [1.82, 2.24) is 9.36 Å². The summed E-state index contributed by atoms with van der Waals surface area (Å²) < 4.78 is 4.27. The van der Waals surface area contributed by atoms with Gasteiger partial charge in [0, 0.05) is 37.6 Å². The second-order valence-corrected chi connectivity index (χ2v) is 3.85. The Kier molecular flexibility index (Phi) is 4.82. The van der Waals surface area contributed by atoms with E-state index in [1.807, 2.05) is 0 Å². The van der Waals surface area contributed by atoms with Crippen molar-refractivity contribution in [1.29, 1.82) is 0 Å². The van der Waals surface area contributed by atoms with Gasteiger partial charge in [-0.25, -0.2) is 4.98 Å². The van der Waals surface area contributed by atoms with Crippen molar-refractivity contribution in [2.24, 2.45) is 5.73 Å². The molecule has 0 spiro atoms. The number of anilines is 1. The summed E-state index contributed by atoms with van der Waals surface area (Å²) in [6.45, 7) is 6.77. The highest BCUT2D eigenvalue weighted by Gasteiger charge is 2.09. The summed E-state index contributed by atoms with van der Waals surface area (Å²) in [6, 6.07) is 0. The monoisotopic (exact) mass is 214 g/mol. The van der Waals surface area contributed by atoms with E-state index < -0.39 is 0 Å².